The second-order valence-corrected chi connectivity index (χ2v) is 9.26. The van der Waals surface area contributed by atoms with Crippen LogP contribution >= 0.6 is 0 Å². The largest absolute Gasteiger partial charge is 0.490 e. The normalized spacial score (nSPS) is 26.3. The molecule has 2 unspecified atom stereocenters. The minimum Gasteiger partial charge on any atom is -0.490 e. The summed E-state index contributed by atoms with van der Waals surface area (Å²) in [6, 6.07) is 5.73. The molecule has 11 heteroatoms. The molecule has 4 heterocycles. The Kier molecular flexibility index (Phi) is 5.90. The molecule has 3 aliphatic rings. The van der Waals surface area contributed by atoms with Gasteiger partial charge >= 0.3 is 12.4 Å². The lowest BCUT2D eigenvalue weighted by molar-refractivity contribution is -0.153. The Balaban J connectivity index is 1.36. The first kappa shape index (κ1) is 24.2. The SMILES string of the molecule is CC1(c2cc(C(F)(F)F)ccc2OC2CC3CCC(C2)N3c2ccc(C(F)(F)F)cn2)OCCO1. The van der Waals surface area contributed by atoms with E-state index in [-0.39, 0.29) is 42.7 Å². The van der Waals surface area contributed by atoms with E-state index in [1.54, 1.807) is 6.92 Å². The number of hydrogen-bond acceptors (Lipinski definition) is 5. The molecule has 0 N–H and O–H groups in total. The molecule has 35 heavy (non-hydrogen) atoms. The summed E-state index contributed by atoms with van der Waals surface area (Å²) < 4.78 is 96.3. The van der Waals surface area contributed by atoms with Crippen LogP contribution in [0.1, 0.15) is 49.3 Å². The maximum Gasteiger partial charge on any atom is 0.417 e. The Morgan fingerprint density at radius 2 is 1.51 bits per heavy atom. The molecule has 2 bridgehead atoms. The molecular weight excluding hydrogens is 478 g/mol. The van der Waals surface area contributed by atoms with Crippen LogP contribution in [0.5, 0.6) is 5.75 Å². The summed E-state index contributed by atoms with van der Waals surface area (Å²) in [5.41, 5.74) is -1.43. The number of hydrogen-bond donors (Lipinski definition) is 0. The maximum atomic E-state index is 13.4. The Morgan fingerprint density at radius 1 is 0.914 bits per heavy atom. The van der Waals surface area contributed by atoms with Gasteiger partial charge < -0.3 is 19.1 Å². The van der Waals surface area contributed by atoms with Crippen LogP contribution in [0, 0.1) is 0 Å². The van der Waals surface area contributed by atoms with Gasteiger partial charge in [0, 0.05) is 31.1 Å². The van der Waals surface area contributed by atoms with Gasteiger partial charge in [-0.15, -0.1) is 0 Å². The quantitative estimate of drug-likeness (QED) is 0.486. The summed E-state index contributed by atoms with van der Waals surface area (Å²) in [5.74, 6) is -0.590. The lowest BCUT2D eigenvalue weighted by Crippen LogP contribution is -2.47. The second-order valence-electron chi connectivity index (χ2n) is 9.26. The third-order valence-corrected chi connectivity index (χ3v) is 6.96. The summed E-state index contributed by atoms with van der Waals surface area (Å²) in [4.78, 5) is 6.09. The maximum absolute atomic E-state index is 13.4. The zero-order chi connectivity index (χ0) is 25.0. The number of alkyl halides is 6. The van der Waals surface area contributed by atoms with Crippen LogP contribution in [-0.4, -0.2) is 36.4 Å². The molecule has 190 valence electrons. The number of benzene rings is 1. The van der Waals surface area contributed by atoms with E-state index in [9.17, 15) is 26.3 Å². The summed E-state index contributed by atoms with van der Waals surface area (Å²) in [5, 5.41) is 0. The van der Waals surface area contributed by atoms with Gasteiger partial charge in [-0.1, -0.05) is 0 Å². The molecule has 3 fully saturated rings. The van der Waals surface area contributed by atoms with Gasteiger partial charge in [-0.3, -0.25) is 0 Å². The number of piperidine rings is 1. The van der Waals surface area contributed by atoms with E-state index in [0.717, 1.165) is 37.2 Å². The zero-order valence-corrected chi connectivity index (χ0v) is 18.8. The highest BCUT2D eigenvalue weighted by Gasteiger charge is 2.44. The van der Waals surface area contributed by atoms with Crippen molar-refractivity contribution >= 4 is 5.82 Å². The van der Waals surface area contributed by atoms with Crippen molar-refractivity contribution in [3.8, 4) is 5.75 Å². The summed E-state index contributed by atoms with van der Waals surface area (Å²) in [6.45, 7) is 2.09. The number of aromatic nitrogens is 1. The molecule has 3 saturated heterocycles. The Morgan fingerprint density at radius 3 is 2.06 bits per heavy atom. The first-order chi connectivity index (χ1) is 16.4. The lowest BCUT2D eigenvalue weighted by Gasteiger charge is -2.40. The molecular formula is C24H24F6N2O3. The van der Waals surface area contributed by atoms with Crippen LogP contribution in [0.3, 0.4) is 0 Å². The van der Waals surface area contributed by atoms with E-state index in [4.69, 9.17) is 14.2 Å². The Bertz CT molecular complexity index is 1050. The first-order valence-electron chi connectivity index (χ1n) is 11.4. The highest BCUT2D eigenvalue weighted by atomic mass is 19.4. The van der Waals surface area contributed by atoms with Crippen LogP contribution in [0.2, 0.25) is 0 Å². The molecule has 0 aliphatic carbocycles. The molecule has 5 rings (SSSR count). The molecule has 2 aromatic rings. The molecule has 0 amide bonds. The van der Waals surface area contributed by atoms with E-state index in [1.807, 2.05) is 4.90 Å². The monoisotopic (exact) mass is 502 g/mol. The van der Waals surface area contributed by atoms with Gasteiger partial charge in [0.1, 0.15) is 17.7 Å². The second kappa shape index (κ2) is 8.55. The fourth-order valence-corrected chi connectivity index (χ4v) is 5.32. The number of anilines is 1. The van der Waals surface area contributed by atoms with Gasteiger partial charge in [0.2, 0.25) is 0 Å². The van der Waals surface area contributed by atoms with Gasteiger partial charge in [0.25, 0.3) is 0 Å². The van der Waals surface area contributed by atoms with E-state index in [2.05, 4.69) is 4.98 Å². The number of rotatable bonds is 4. The van der Waals surface area contributed by atoms with E-state index in [0.29, 0.717) is 18.7 Å². The molecule has 1 aromatic heterocycles. The fraction of sp³-hybridized carbons (Fsp3) is 0.542. The molecule has 1 aromatic carbocycles. The van der Waals surface area contributed by atoms with Crippen molar-refractivity contribution in [1.82, 2.24) is 4.98 Å². The van der Waals surface area contributed by atoms with Gasteiger partial charge in [-0.25, -0.2) is 4.98 Å². The van der Waals surface area contributed by atoms with E-state index in [1.165, 1.54) is 12.1 Å². The van der Waals surface area contributed by atoms with Gasteiger partial charge in [-0.2, -0.15) is 26.3 Å². The van der Waals surface area contributed by atoms with Gasteiger partial charge in [-0.05, 0) is 50.1 Å². The number of pyridine rings is 1. The predicted molar refractivity (Wildman–Crippen MR) is 113 cm³/mol. The third kappa shape index (κ3) is 4.67. The summed E-state index contributed by atoms with van der Waals surface area (Å²) in [6.07, 6.45) is -5.62. The Hall–Kier alpha value is -2.53. The standard InChI is InChI=1S/C24H24F6N2O3/c1-22(33-8-9-34-22)19-10-14(23(25,26)27)2-6-20(19)35-18-11-16-4-5-17(12-18)32(16)21-7-3-15(13-31-21)24(28,29)30/h2-3,6-7,10,13,16-18H,4-5,8-9,11-12H2,1H3. The zero-order valence-electron chi connectivity index (χ0n) is 18.8. The van der Waals surface area contributed by atoms with E-state index < -0.39 is 29.3 Å². The van der Waals surface area contributed by atoms with Crippen molar-refractivity contribution in [3.63, 3.8) is 0 Å². The Labute approximate surface area is 198 Å². The van der Waals surface area contributed by atoms with Crippen LogP contribution in [-0.2, 0) is 27.6 Å². The number of fused-ring (bicyclic) bond motifs is 2. The molecule has 0 radical (unpaired) electrons. The highest BCUT2D eigenvalue weighted by molar-refractivity contribution is 5.46. The van der Waals surface area contributed by atoms with E-state index >= 15 is 0 Å². The molecule has 2 atom stereocenters. The average molecular weight is 502 g/mol. The molecule has 0 spiro atoms. The predicted octanol–water partition coefficient (Wildman–Crippen LogP) is 5.92. The van der Waals surface area contributed by atoms with Crippen LogP contribution in [0.15, 0.2) is 36.5 Å². The van der Waals surface area contributed by atoms with Gasteiger partial charge in [0.15, 0.2) is 5.79 Å². The lowest BCUT2D eigenvalue weighted by atomic mass is 9.98. The minimum atomic E-state index is -4.53. The van der Waals surface area contributed by atoms with Crippen LogP contribution < -0.4 is 9.64 Å². The van der Waals surface area contributed by atoms with Crippen molar-refractivity contribution in [3.05, 3.63) is 53.2 Å². The van der Waals surface area contributed by atoms with Gasteiger partial charge in [0.05, 0.1) is 29.9 Å². The number of halogens is 6. The van der Waals surface area contributed by atoms with Crippen molar-refractivity contribution in [2.75, 3.05) is 18.1 Å². The smallest absolute Gasteiger partial charge is 0.417 e. The van der Waals surface area contributed by atoms with Crippen molar-refractivity contribution in [1.29, 1.82) is 0 Å². The first-order valence-corrected chi connectivity index (χ1v) is 11.4. The molecule has 3 aliphatic heterocycles. The van der Waals surface area contributed by atoms with Crippen molar-refractivity contribution in [2.24, 2.45) is 0 Å². The summed E-state index contributed by atoms with van der Waals surface area (Å²) in [7, 11) is 0. The highest BCUT2D eigenvalue weighted by Crippen LogP contribution is 2.44. The molecule has 0 saturated carbocycles. The summed E-state index contributed by atoms with van der Waals surface area (Å²) >= 11 is 0. The van der Waals surface area contributed by atoms with Crippen LogP contribution in [0.4, 0.5) is 32.2 Å². The topological polar surface area (TPSA) is 43.8 Å². The fourth-order valence-electron chi connectivity index (χ4n) is 5.32. The van der Waals surface area contributed by atoms with Crippen molar-refractivity contribution in [2.45, 2.75) is 68.9 Å². The average Bonchev–Trinajstić information content (AvgIpc) is 3.34. The van der Waals surface area contributed by atoms with Crippen molar-refractivity contribution < 1.29 is 40.6 Å². The third-order valence-electron chi connectivity index (χ3n) is 6.96. The number of nitrogens with zero attached hydrogens (tertiary/aromatic N) is 2. The molecule has 5 nitrogen and oxygen atoms in total. The number of ether oxygens (including phenoxy) is 3. The minimum absolute atomic E-state index is 0.00968. The van der Waals surface area contributed by atoms with Crippen LogP contribution in [0.25, 0.3) is 0 Å².